The Morgan fingerprint density at radius 3 is 1.55 bits per heavy atom. The molecule has 0 atom stereocenters. The second kappa shape index (κ2) is 16.9. The van der Waals surface area contributed by atoms with E-state index in [1.165, 1.54) is 18.2 Å². The van der Waals surface area contributed by atoms with Crippen LogP contribution in [0.2, 0.25) is 10.0 Å². The van der Waals surface area contributed by atoms with E-state index < -0.39 is 25.6 Å². The third-order valence-corrected chi connectivity index (χ3v) is 9.00. The Kier molecular flexibility index (Phi) is 13.0. The molecule has 4 aromatic carbocycles. The Balaban J connectivity index is 0.00000138. The van der Waals surface area contributed by atoms with Gasteiger partial charge in [0.2, 0.25) is 0 Å². The van der Waals surface area contributed by atoms with Crippen LogP contribution in [0.3, 0.4) is 0 Å². The van der Waals surface area contributed by atoms with Crippen molar-refractivity contribution in [2.24, 2.45) is 20.5 Å². The predicted molar refractivity (Wildman–Crippen MR) is 193 cm³/mol. The highest BCUT2D eigenvalue weighted by molar-refractivity contribution is 7.86. The lowest BCUT2D eigenvalue weighted by atomic mass is 10.0. The lowest BCUT2D eigenvalue weighted by molar-refractivity contribution is 0.483. The number of aromatic nitrogens is 3. The van der Waals surface area contributed by atoms with Crippen LogP contribution in [0.4, 0.5) is 22.7 Å². The van der Waals surface area contributed by atoms with Crippen LogP contribution in [-0.4, -0.2) is 40.5 Å². The summed E-state index contributed by atoms with van der Waals surface area (Å²) in [5, 5.41) is 17.8. The average Bonchev–Trinajstić information content (AvgIpc) is 3.03. The number of hydrogen-bond acceptors (Lipinski definition) is 12. The van der Waals surface area contributed by atoms with E-state index in [4.69, 9.17) is 40.8 Å². The van der Waals surface area contributed by atoms with Crippen molar-refractivity contribution in [1.82, 2.24) is 15.0 Å². The van der Waals surface area contributed by atoms with Crippen LogP contribution in [0.5, 0.6) is 0 Å². The summed E-state index contributed by atoms with van der Waals surface area (Å²) in [6, 6.07) is 19.3. The second-order valence-electron chi connectivity index (χ2n) is 11.4. The molecular formula is C34H31Cl2N7O6S2. The molecule has 0 radical (unpaired) electrons. The third kappa shape index (κ3) is 11.4. The molecule has 0 saturated heterocycles. The maximum Gasteiger partial charge on any atom is 0.425 e. The molecule has 264 valence electrons. The Morgan fingerprint density at radius 1 is 0.627 bits per heavy atom. The summed E-state index contributed by atoms with van der Waals surface area (Å²) in [4.78, 5) is 13.6. The molecule has 0 aliphatic carbocycles. The van der Waals surface area contributed by atoms with E-state index in [0.29, 0.717) is 41.0 Å². The second-order valence-corrected chi connectivity index (χ2v) is 14.0. The number of benzene rings is 4. The minimum absolute atomic E-state index is 0.101. The van der Waals surface area contributed by atoms with E-state index in [1.54, 1.807) is 12.1 Å². The first-order valence-corrected chi connectivity index (χ1v) is 18.2. The van der Waals surface area contributed by atoms with E-state index in [0.717, 1.165) is 44.8 Å². The molecular weight excluding hydrogens is 737 g/mol. The van der Waals surface area contributed by atoms with Crippen LogP contribution in [0.25, 0.3) is 0 Å². The van der Waals surface area contributed by atoms with Gasteiger partial charge < -0.3 is 0 Å². The standard InChI is InChI=1S/C34H31Cl2N7O3S.O3S/c1-19-14-30(42-40-27-8-6-26(35)7-9-27)21(3)12-24(19)16-33-37-23(5)38-34(39-33)17-25-13-22(4)31(15-20(25)2)43-41-28-10-11-29(36)32(18-28)47(44,45)46;1-4(2)3/h6-15,18H,16-17H2,1-5H3,(H,44,45,46);. The largest absolute Gasteiger partial charge is 0.425 e. The molecule has 0 bridgehead atoms. The number of rotatable bonds is 9. The van der Waals surface area contributed by atoms with E-state index in [-0.39, 0.29) is 10.7 Å². The van der Waals surface area contributed by atoms with Gasteiger partial charge in [0.15, 0.2) is 0 Å². The van der Waals surface area contributed by atoms with Gasteiger partial charge in [0.25, 0.3) is 10.1 Å². The van der Waals surface area contributed by atoms with Gasteiger partial charge in [-0.1, -0.05) is 35.3 Å². The highest BCUT2D eigenvalue weighted by Crippen LogP contribution is 2.31. The Morgan fingerprint density at radius 2 is 1.08 bits per heavy atom. The minimum Gasteiger partial charge on any atom is -0.282 e. The molecule has 0 fully saturated rings. The summed E-state index contributed by atoms with van der Waals surface area (Å²) in [5.41, 5.74) is 8.37. The zero-order valence-corrected chi connectivity index (χ0v) is 31.1. The molecule has 0 saturated carbocycles. The lowest BCUT2D eigenvalue weighted by Gasteiger charge is -2.12. The number of nitrogens with zero attached hydrogens (tertiary/aromatic N) is 7. The minimum atomic E-state index is -4.49. The molecule has 0 amide bonds. The molecule has 0 aliphatic rings. The summed E-state index contributed by atoms with van der Waals surface area (Å²) in [6.07, 6.45) is 1.04. The summed E-state index contributed by atoms with van der Waals surface area (Å²) < 4.78 is 57.9. The van der Waals surface area contributed by atoms with E-state index in [2.05, 4.69) is 36.5 Å². The fraction of sp³-hybridized carbons (Fsp3) is 0.206. The van der Waals surface area contributed by atoms with Crippen molar-refractivity contribution < 1.29 is 25.6 Å². The van der Waals surface area contributed by atoms with Gasteiger partial charge >= 0.3 is 10.6 Å². The highest BCUT2D eigenvalue weighted by Gasteiger charge is 2.16. The monoisotopic (exact) mass is 767 g/mol. The zero-order chi connectivity index (χ0) is 37.5. The van der Waals surface area contributed by atoms with Crippen LogP contribution in [0.15, 0.2) is 92.1 Å². The van der Waals surface area contributed by atoms with Crippen molar-refractivity contribution in [1.29, 1.82) is 0 Å². The van der Waals surface area contributed by atoms with Gasteiger partial charge in [-0.25, -0.2) is 15.0 Å². The number of azo groups is 2. The topological polar surface area (TPSA) is 194 Å². The Hall–Kier alpha value is -4.80. The average molecular weight is 769 g/mol. The molecule has 1 heterocycles. The molecule has 5 rings (SSSR count). The maximum absolute atomic E-state index is 11.6. The first-order valence-electron chi connectivity index (χ1n) is 15.0. The van der Waals surface area contributed by atoms with Crippen molar-refractivity contribution in [3.8, 4) is 0 Å². The van der Waals surface area contributed by atoms with Gasteiger partial charge in [0, 0.05) is 17.9 Å². The molecule has 0 unspecified atom stereocenters. The van der Waals surface area contributed by atoms with E-state index in [9.17, 15) is 13.0 Å². The summed E-state index contributed by atoms with van der Waals surface area (Å²) in [5.74, 6) is 1.98. The summed E-state index contributed by atoms with van der Waals surface area (Å²) in [7, 11) is -7.60. The lowest BCUT2D eigenvalue weighted by Crippen LogP contribution is -2.08. The normalized spacial score (nSPS) is 11.5. The molecule has 13 nitrogen and oxygen atoms in total. The molecule has 51 heavy (non-hydrogen) atoms. The quantitative estimate of drug-likeness (QED) is 0.112. The SMILES string of the molecule is Cc1nc(Cc2cc(C)c(N=Nc3ccc(Cl)cc3)cc2C)nc(Cc2cc(C)c(N=Nc3ccc(Cl)c(S(=O)(=O)O)c3)cc2C)n1.O=S(=O)=O. The van der Waals surface area contributed by atoms with Gasteiger partial charge in [-0.2, -0.15) is 28.9 Å². The fourth-order valence-corrected chi connectivity index (χ4v) is 6.02. The van der Waals surface area contributed by atoms with Crippen molar-refractivity contribution in [2.45, 2.75) is 52.4 Å². The zero-order valence-electron chi connectivity index (χ0n) is 28.0. The molecule has 5 aromatic rings. The summed E-state index contributed by atoms with van der Waals surface area (Å²) >= 11 is 11.9. The fourth-order valence-electron chi connectivity index (χ4n) is 4.90. The maximum atomic E-state index is 11.6. The van der Waals surface area contributed by atoms with Crippen LogP contribution < -0.4 is 0 Å². The molecule has 1 N–H and O–H groups in total. The van der Waals surface area contributed by atoms with Gasteiger partial charge in [0.1, 0.15) is 22.4 Å². The van der Waals surface area contributed by atoms with Crippen molar-refractivity contribution >= 4 is 66.7 Å². The first-order chi connectivity index (χ1) is 24.0. The highest BCUT2D eigenvalue weighted by atomic mass is 35.5. The smallest absolute Gasteiger partial charge is 0.282 e. The molecule has 0 aliphatic heterocycles. The van der Waals surface area contributed by atoms with Crippen LogP contribution >= 0.6 is 23.2 Å². The Bertz CT molecular complexity index is 2380. The first kappa shape index (κ1) is 39.0. The van der Waals surface area contributed by atoms with Crippen molar-refractivity contribution in [2.75, 3.05) is 0 Å². The Labute approximate surface area is 306 Å². The van der Waals surface area contributed by atoms with Gasteiger partial charge in [-0.05, 0) is 123 Å². The summed E-state index contributed by atoms with van der Waals surface area (Å²) in [6.45, 7) is 9.79. The number of aryl methyl sites for hydroxylation is 5. The van der Waals surface area contributed by atoms with Gasteiger partial charge in [0.05, 0.1) is 27.8 Å². The van der Waals surface area contributed by atoms with Crippen LogP contribution in [0.1, 0.15) is 50.9 Å². The number of halogens is 2. The van der Waals surface area contributed by atoms with E-state index in [1.807, 2.05) is 65.0 Å². The molecule has 17 heteroatoms. The van der Waals surface area contributed by atoms with Crippen LogP contribution in [-0.2, 0) is 33.6 Å². The van der Waals surface area contributed by atoms with E-state index >= 15 is 0 Å². The predicted octanol–water partition coefficient (Wildman–Crippen LogP) is 8.98. The molecule has 1 aromatic heterocycles. The van der Waals surface area contributed by atoms with Crippen molar-refractivity contribution in [3.05, 3.63) is 128 Å². The molecule has 0 spiro atoms. The van der Waals surface area contributed by atoms with Crippen molar-refractivity contribution in [3.63, 3.8) is 0 Å². The van der Waals surface area contributed by atoms with Crippen LogP contribution in [0, 0.1) is 34.6 Å². The number of hydrogen-bond donors (Lipinski definition) is 1. The van der Waals surface area contributed by atoms with Gasteiger partial charge in [-0.15, -0.1) is 12.6 Å². The van der Waals surface area contributed by atoms with Gasteiger partial charge in [-0.3, -0.25) is 4.55 Å². The third-order valence-electron chi connectivity index (χ3n) is 7.41.